The van der Waals surface area contributed by atoms with Crippen LogP contribution < -0.4 is 15.4 Å². The zero-order valence-corrected chi connectivity index (χ0v) is 13.3. The normalized spacial score (nSPS) is 16.7. The smallest absolute Gasteiger partial charge is 0.315 e. The number of methoxy groups -OCH3 is 1. The van der Waals surface area contributed by atoms with Gasteiger partial charge < -0.3 is 20.5 Å². The average Bonchev–Trinajstić information content (AvgIpc) is 3.31. The van der Waals surface area contributed by atoms with E-state index in [1.165, 1.54) is 18.4 Å². The van der Waals surface area contributed by atoms with Crippen molar-refractivity contribution in [3.8, 4) is 5.75 Å². The van der Waals surface area contributed by atoms with Gasteiger partial charge in [0, 0.05) is 12.6 Å². The van der Waals surface area contributed by atoms with Gasteiger partial charge in [0.05, 0.1) is 13.2 Å². The second-order valence-electron chi connectivity index (χ2n) is 6.04. The molecule has 1 aromatic carbocycles. The van der Waals surface area contributed by atoms with Crippen LogP contribution in [0.2, 0.25) is 0 Å². The van der Waals surface area contributed by atoms with Crippen molar-refractivity contribution < 1.29 is 14.6 Å². The monoisotopic (exact) mass is 306 g/mol. The molecular weight excluding hydrogens is 280 g/mol. The van der Waals surface area contributed by atoms with Crippen LogP contribution in [0.4, 0.5) is 4.79 Å². The number of carbonyl (C=O) groups excluding carboxylic acids is 1. The predicted molar refractivity (Wildman–Crippen MR) is 86.0 cm³/mol. The van der Waals surface area contributed by atoms with E-state index in [4.69, 9.17) is 4.74 Å². The summed E-state index contributed by atoms with van der Waals surface area (Å²) in [5, 5.41) is 15.1. The van der Waals surface area contributed by atoms with Gasteiger partial charge in [0.25, 0.3) is 0 Å². The molecule has 1 aliphatic carbocycles. The molecule has 2 rings (SSSR count). The highest BCUT2D eigenvalue weighted by Crippen LogP contribution is 2.34. The maximum atomic E-state index is 12.0. The number of rotatable bonds is 8. The molecule has 2 amide bonds. The molecule has 1 aliphatic rings. The van der Waals surface area contributed by atoms with E-state index in [1.54, 1.807) is 14.0 Å². The van der Waals surface area contributed by atoms with Crippen LogP contribution in [0.3, 0.4) is 0 Å². The second kappa shape index (κ2) is 8.03. The largest absolute Gasteiger partial charge is 0.497 e. The molecule has 0 bridgehead atoms. The van der Waals surface area contributed by atoms with Crippen molar-refractivity contribution in [2.24, 2.45) is 5.92 Å². The van der Waals surface area contributed by atoms with Crippen molar-refractivity contribution in [3.05, 3.63) is 29.8 Å². The first kappa shape index (κ1) is 16.6. The molecule has 0 radical (unpaired) electrons. The van der Waals surface area contributed by atoms with Gasteiger partial charge in [0.1, 0.15) is 5.75 Å². The number of urea groups is 1. The number of hydrogen-bond acceptors (Lipinski definition) is 3. The number of nitrogens with one attached hydrogen (secondary N) is 2. The summed E-state index contributed by atoms with van der Waals surface area (Å²) >= 11 is 0. The van der Waals surface area contributed by atoms with Gasteiger partial charge in [-0.2, -0.15) is 0 Å². The van der Waals surface area contributed by atoms with Crippen LogP contribution in [-0.4, -0.2) is 36.9 Å². The third-order valence-electron chi connectivity index (χ3n) is 3.94. The Balaban J connectivity index is 1.85. The summed E-state index contributed by atoms with van der Waals surface area (Å²) in [4.78, 5) is 12.0. The fourth-order valence-electron chi connectivity index (χ4n) is 2.50. The summed E-state index contributed by atoms with van der Waals surface area (Å²) in [6.07, 6.45) is 3.32. The maximum Gasteiger partial charge on any atom is 0.315 e. The first-order valence-electron chi connectivity index (χ1n) is 7.94. The van der Waals surface area contributed by atoms with Crippen LogP contribution >= 0.6 is 0 Å². The molecule has 3 N–H and O–H groups in total. The first-order valence-corrected chi connectivity index (χ1v) is 7.94. The van der Waals surface area contributed by atoms with Crippen LogP contribution in [0, 0.1) is 5.92 Å². The molecular formula is C17H26N2O3. The summed E-state index contributed by atoms with van der Waals surface area (Å²) in [7, 11) is 1.66. The van der Waals surface area contributed by atoms with E-state index in [9.17, 15) is 9.90 Å². The maximum absolute atomic E-state index is 12.0. The number of hydrogen-bond donors (Lipinski definition) is 3. The Bertz CT molecular complexity index is 487. The minimum atomic E-state index is -0.392. The van der Waals surface area contributed by atoms with Gasteiger partial charge in [0.15, 0.2) is 0 Å². The SMILES string of the molecule is COc1cccc(CC(NC(=O)NCCC(C)O)C2CC2)c1. The Morgan fingerprint density at radius 3 is 2.86 bits per heavy atom. The number of amides is 2. The zero-order chi connectivity index (χ0) is 15.9. The molecule has 5 heteroatoms. The van der Waals surface area contributed by atoms with Gasteiger partial charge in [-0.25, -0.2) is 4.79 Å². The molecule has 0 aliphatic heterocycles. The van der Waals surface area contributed by atoms with Gasteiger partial charge in [-0.3, -0.25) is 0 Å². The highest BCUT2D eigenvalue weighted by Gasteiger charge is 2.32. The van der Waals surface area contributed by atoms with Crippen molar-refractivity contribution in [2.45, 2.75) is 44.8 Å². The third kappa shape index (κ3) is 5.56. The average molecular weight is 306 g/mol. The van der Waals surface area contributed by atoms with Crippen molar-refractivity contribution in [3.63, 3.8) is 0 Å². The number of ether oxygens (including phenoxy) is 1. The Labute approximate surface area is 132 Å². The fourth-order valence-corrected chi connectivity index (χ4v) is 2.50. The molecule has 122 valence electrons. The van der Waals surface area contributed by atoms with E-state index >= 15 is 0 Å². The minimum absolute atomic E-state index is 0.152. The van der Waals surface area contributed by atoms with Crippen molar-refractivity contribution >= 4 is 6.03 Å². The topological polar surface area (TPSA) is 70.6 Å². The Morgan fingerprint density at radius 2 is 2.23 bits per heavy atom. The standard InChI is InChI=1S/C17H26N2O3/c1-12(20)8-9-18-17(21)19-16(14-6-7-14)11-13-4-3-5-15(10-13)22-2/h3-5,10,12,14,16,20H,6-9,11H2,1-2H3,(H2,18,19,21). The Kier molecular flexibility index (Phi) is 6.07. The van der Waals surface area contributed by atoms with E-state index in [0.717, 1.165) is 12.2 Å². The molecule has 1 fully saturated rings. The molecule has 0 spiro atoms. The Morgan fingerprint density at radius 1 is 1.45 bits per heavy atom. The highest BCUT2D eigenvalue weighted by atomic mass is 16.5. The van der Waals surface area contributed by atoms with E-state index in [2.05, 4.69) is 16.7 Å². The Hall–Kier alpha value is -1.75. The molecule has 22 heavy (non-hydrogen) atoms. The molecule has 1 saturated carbocycles. The molecule has 0 heterocycles. The summed E-state index contributed by atoms with van der Waals surface area (Å²) < 4.78 is 5.25. The number of aliphatic hydroxyl groups excluding tert-OH is 1. The zero-order valence-electron chi connectivity index (χ0n) is 13.3. The predicted octanol–water partition coefficient (Wildman–Crippen LogP) is 2.09. The number of benzene rings is 1. The van der Waals surface area contributed by atoms with Crippen molar-refractivity contribution in [2.75, 3.05) is 13.7 Å². The van der Waals surface area contributed by atoms with E-state index in [1.807, 2.05) is 18.2 Å². The number of aliphatic hydroxyl groups is 1. The van der Waals surface area contributed by atoms with Crippen LogP contribution in [-0.2, 0) is 6.42 Å². The lowest BCUT2D eigenvalue weighted by molar-refractivity contribution is 0.183. The second-order valence-corrected chi connectivity index (χ2v) is 6.04. The summed E-state index contributed by atoms with van der Waals surface area (Å²) in [5.41, 5.74) is 1.17. The van der Waals surface area contributed by atoms with Crippen LogP contribution in [0.25, 0.3) is 0 Å². The molecule has 0 aromatic heterocycles. The van der Waals surface area contributed by atoms with Crippen molar-refractivity contribution in [1.29, 1.82) is 0 Å². The van der Waals surface area contributed by atoms with Crippen LogP contribution in [0.1, 0.15) is 31.7 Å². The fraction of sp³-hybridized carbons (Fsp3) is 0.588. The molecule has 5 nitrogen and oxygen atoms in total. The lowest BCUT2D eigenvalue weighted by atomic mass is 10.0. The highest BCUT2D eigenvalue weighted by molar-refractivity contribution is 5.74. The third-order valence-corrected chi connectivity index (χ3v) is 3.94. The molecule has 2 unspecified atom stereocenters. The summed E-state index contributed by atoms with van der Waals surface area (Å²) in [6.45, 7) is 2.20. The van der Waals surface area contributed by atoms with Crippen LogP contribution in [0.5, 0.6) is 5.75 Å². The lowest BCUT2D eigenvalue weighted by Gasteiger charge is -2.19. The first-order chi connectivity index (χ1) is 10.6. The van der Waals surface area contributed by atoms with E-state index in [0.29, 0.717) is 18.9 Å². The lowest BCUT2D eigenvalue weighted by Crippen LogP contribution is -2.44. The van der Waals surface area contributed by atoms with Crippen molar-refractivity contribution in [1.82, 2.24) is 10.6 Å². The minimum Gasteiger partial charge on any atom is -0.497 e. The van der Waals surface area contributed by atoms with Gasteiger partial charge in [-0.1, -0.05) is 12.1 Å². The molecule has 0 saturated heterocycles. The van der Waals surface area contributed by atoms with Gasteiger partial charge in [-0.05, 0) is 56.2 Å². The molecule has 1 aromatic rings. The van der Waals surface area contributed by atoms with Gasteiger partial charge in [0.2, 0.25) is 0 Å². The summed E-state index contributed by atoms with van der Waals surface area (Å²) in [5.74, 6) is 1.40. The van der Waals surface area contributed by atoms with Gasteiger partial charge in [-0.15, -0.1) is 0 Å². The number of carbonyl (C=O) groups is 1. The van der Waals surface area contributed by atoms with Crippen LogP contribution in [0.15, 0.2) is 24.3 Å². The summed E-state index contributed by atoms with van der Waals surface area (Å²) in [6, 6.07) is 7.97. The van der Waals surface area contributed by atoms with E-state index < -0.39 is 6.10 Å². The van der Waals surface area contributed by atoms with E-state index in [-0.39, 0.29) is 12.1 Å². The molecule has 2 atom stereocenters. The quantitative estimate of drug-likeness (QED) is 0.689. The van der Waals surface area contributed by atoms with Gasteiger partial charge >= 0.3 is 6.03 Å².